The van der Waals surface area contributed by atoms with Crippen LogP contribution in [0.15, 0.2) is 59.8 Å². The van der Waals surface area contributed by atoms with Crippen molar-refractivity contribution in [2.45, 2.75) is 13.1 Å². The van der Waals surface area contributed by atoms with Crippen molar-refractivity contribution >= 4 is 6.21 Å². The molecular weight excluding hydrogens is 359 g/mol. The Morgan fingerprint density at radius 2 is 1.78 bits per heavy atom. The molecule has 0 fully saturated rings. The van der Waals surface area contributed by atoms with Crippen molar-refractivity contribution in [2.75, 3.05) is 0 Å². The van der Waals surface area contributed by atoms with Crippen LogP contribution in [-0.2, 0) is 6.18 Å². The van der Waals surface area contributed by atoms with E-state index in [0.717, 1.165) is 12.1 Å². The van der Waals surface area contributed by atoms with Crippen LogP contribution < -0.4 is 4.74 Å². The third-order valence-electron chi connectivity index (χ3n) is 3.68. The Balaban J connectivity index is 1.99. The molecule has 2 aromatic carbocycles. The lowest BCUT2D eigenvalue weighted by Crippen LogP contribution is -2.05. The average Bonchev–Trinajstić information content (AvgIpc) is 2.64. The lowest BCUT2D eigenvalue weighted by molar-refractivity contribution is -0.137. The molecular formula is C19H14F3N3O2. The maximum Gasteiger partial charge on any atom is 0.416 e. The Labute approximate surface area is 152 Å². The first-order valence-electron chi connectivity index (χ1n) is 7.84. The Bertz CT molecular complexity index is 971. The van der Waals surface area contributed by atoms with E-state index in [4.69, 9.17) is 9.94 Å². The average molecular weight is 373 g/mol. The zero-order valence-corrected chi connectivity index (χ0v) is 14.1. The summed E-state index contributed by atoms with van der Waals surface area (Å²) in [5.41, 5.74) is 1.16. The quantitative estimate of drug-likeness (QED) is 0.394. The Morgan fingerprint density at radius 1 is 1.04 bits per heavy atom. The number of aromatic nitrogens is 2. The molecule has 0 spiro atoms. The van der Waals surface area contributed by atoms with Crippen molar-refractivity contribution in [3.05, 3.63) is 71.4 Å². The van der Waals surface area contributed by atoms with E-state index in [9.17, 15) is 13.2 Å². The second-order valence-corrected chi connectivity index (χ2v) is 5.70. The van der Waals surface area contributed by atoms with Crippen molar-refractivity contribution in [1.29, 1.82) is 0 Å². The van der Waals surface area contributed by atoms with Crippen LogP contribution in [0.4, 0.5) is 13.2 Å². The second kappa shape index (κ2) is 7.45. The van der Waals surface area contributed by atoms with Gasteiger partial charge in [-0.3, -0.25) is 0 Å². The van der Waals surface area contributed by atoms with Gasteiger partial charge in [0, 0.05) is 5.56 Å². The minimum atomic E-state index is -4.45. The largest absolute Gasteiger partial charge is 0.437 e. The number of alkyl halides is 3. The van der Waals surface area contributed by atoms with Crippen LogP contribution in [0, 0.1) is 6.92 Å². The predicted molar refractivity (Wildman–Crippen MR) is 93.1 cm³/mol. The fourth-order valence-corrected chi connectivity index (χ4v) is 2.42. The van der Waals surface area contributed by atoms with Crippen LogP contribution in [0.5, 0.6) is 11.6 Å². The summed E-state index contributed by atoms with van der Waals surface area (Å²) in [6, 6.07) is 13.1. The standard InChI is InChI=1S/C19H14F3N3O2/c1-12-9-17(14-3-2-4-15(10-14)19(20,21)22)18(25-24-12)27-16-7-5-13(6-8-16)11-23-26/h2-11,26H,1H3/b23-11+. The number of nitrogens with zero attached hydrogens (tertiary/aromatic N) is 3. The van der Waals surface area contributed by atoms with Gasteiger partial charge >= 0.3 is 6.18 Å². The van der Waals surface area contributed by atoms with E-state index in [1.807, 2.05) is 0 Å². The van der Waals surface area contributed by atoms with Crippen molar-refractivity contribution in [2.24, 2.45) is 5.16 Å². The summed E-state index contributed by atoms with van der Waals surface area (Å²) < 4.78 is 44.8. The summed E-state index contributed by atoms with van der Waals surface area (Å²) in [6.45, 7) is 1.69. The Kier molecular flexibility index (Phi) is 5.07. The zero-order valence-electron chi connectivity index (χ0n) is 14.1. The highest BCUT2D eigenvalue weighted by Crippen LogP contribution is 2.36. The van der Waals surface area contributed by atoms with Gasteiger partial charge in [0.1, 0.15) is 5.75 Å². The smallest absolute Gasteiger partial charge is 0.416 e. The molecule has 0 aliphatic heterocycles. The van der Waals surface area contributed by atoms with Crippen LogP contribution in [0.3, 0.4) is 0 Å². The maximum atomic E-state index is 13.0. The number of aryl methyl sites for hydroxylation is 1. The lowest BCUT2D eigenvalue weighted by Gasteiger charge is -2.12. The SMILES string of the molecule is Cc1cc(-c2cccc(C(F)(F)F)c2)c(Oc2ccc(/C=N/O)cc2)nn1. The second-order valence-electron chi connectivity index (χ2n) is 5.70. The molecule has 8 heteroatoms. The summed E-state index contributed by atoms with van der Waals surface area (Å²) in [5.74, 6) is 0.500. The first kappa shape index (κ1) is 18.4. The molecule has 0 amide bonds. The molecule has 0 saturated heterocycles. The molecule has 1 heterocycles. The number of ether oxygens (including phenoxy) is 1. The van der Waals surface area contributed by atoms with Gasteiger partial charge in [0.2, 0.25) is 5.88 Å². The predicted octanol–water partition coefficient (Wildman–Crippen LogP) is 5.07. The van der Waals surface area contributed by atoms with Gasteiger partial charge in [0.15, 0.2) is 0 Å². The van der Waals surface area contributed by atoms with Crippen molar-refractivity contribution < 1.29 is 23.1 Å². The van der Waals surface area contributed by atoms with E-state index < -0.39 is 11.7 Å². The third-order valence-corrected chi connectivity index (χ3v) is 3.68. The van der Waals surface area contributed by atoms with Crippen LogP contribution >= 0.6 is 0 Å². The highest BCUT2D eigenvalue weighted by molar-refractivity contribution is 5.79. The van der Waals surface area contributed by atoms with E-state index in [1.54, 1.807) is 43.3 Å². The zero-order chi connectivity index (χ0) is 19.4. The third kappa shape index (κ3) is 4.41. The van der Waals surface area contributed by atoms with Gasteiger partial charge in [-0.05, 0) is 60.5 Å². The molecule has 0 bridgehead atoms. The maximum absolute atomic E-state index is 13.0. The Hall–Kier alpha value is -3.42. The van der Waals surface area contributed by atoms with Crippen LogP contribution in [-0.4, -0.2) is 21.6 Å². The summed E-state index contributed by atoms with van der Waals surface area (Å²) in [5, 5.41) is 19.4. The van der Waals surface area contributed by atoms with Crippen molar-refractivity contribution in [3.8, 4) is 22.8 Å². The molecule has 0 atom stereocenters. The summed E-state index contributed by atoms with van der Waals surface area (Å²) >= 11 is 0. The fourth-order valence-electron chi connectivity index (χ4n) is 2.42. The lowest BCUT2D eigenvalue weighted by atomic mass is 10.0. The Morgan fingerprint density at radius 3 is 2.44 bits per heavy atom. The highest BCUT2D eigenvalue weighted by atomic mass is 19.4. The first-order valence-corrected chi connectivity index (χ1v) is 7.84. The van der Waals surface area contributed by atoms with Gasteiger partial charge in [-0.2, -0.15) is 18.3 Å². The number of hydrogen-bond acceptors (Lipinski definition) is 5. The molecule has 0 unspecified atom stereocenters. The molecule has 1 aromatic heterocycles. The van der Waals surface area contributed by atoms with Gasteiger partial charge < -0.3 is 9.94 Å². The molecule has 1 N–H and O–H groups in total. The van der Waals surface area contributed by atoms with E-state index in [1.165, 1.54) is 12.3 Å². The normalized spacial score (nSPS) is 11.7. The minimum Gasteiger partial charge on any atom is -0.437 e. The van der Waals surface area contributed by atoms with Gasteiger partial charge in [-0.25, -0.2) is 0 Å². The number of rotatable bonds is 4. The fraction of sp³-hybridized carbons (Fsp3) is 0.105. The molecule has 3 aromatic rings. The van der Waals surface area contributed by atoms with Gasteiger partial charge in [0.05, 0.1) is 17.5 Å². The summed E-state index contributed by atoms with van der Waals surface area (Å²) in [7, 11) is 0. The first-order chi connectivity index (χ1) is 12.9. The van der Waals surface area contributed by atoms with Gasteiger partial charge in [0.25, 0.3) is 0 Å². The minimum absolute atomic E-state index is 0.0866. The van der Waals surface area contributed by atoms with E-state index in [2.05, 4.69) is 15.4 Å². The van der Waals surface area contributed by atoms with Crippen molar-refractivity contribution in [3.63, 3.8) is 0 Å². The molecule has 0 radical (unpaired) electrons. The molecule has 0 aliphatic rings. The number of oxime groups is 1. The highest BCUT2D eigenvalue weighted by Gasteiger charge is 2.30. The van der Waals surface area contributed by atoms with E-state index >= 15 is 0 Å². The number of halogens is 3. The van der Waals surface area contributed by atoms with E-state index in [0.29, 0.717) is 28.1 Å². The van der Waals surface area contributed by atoms with Crippen LogP contribution in [0.2, 0.25) is 0 Å². The monoisotopic (exact) mass is 373 g/mol. The molecule has 3 rings (SSSR count). The van der Waals surface area contributed by atoms with Crippen LogP contribution in [0.1, 0.15) is 16.8 Å². The van der Waals surface area contributed by atoms with E-state index in [-0.39, 0.29) is 5.88 Å². The summed E-state index contributed by atoms with van der Waals surface area (Å²) in [4.78, 5) is 0. The molecule has 5 nitrogen and oxygen atoms in total. The molecule has 0 aliphatic carbocycles. The molecule has 0 saturated carbocycles. The number of hydrogen-bond donors (Lipinski definition) is 1. The molecule has 138 valence electrons. The topological polar surface area (TPSA) is 67.6 Å². The number of benzene rings is 2. The van der Waals surface area contributed by atoms with Crippen molar-refractivity contribution in [1.82, 2.24) is 10.2 Å². The van der Waals surface area contributed by atoms with Gasteiger partial charge in [-0.1, -0.05) is 17.3 Å². The summed E-state index contributed by atoms with van der Waals surface area (Å²) in [6.07, 6.45) is -3.19. The molecule has 27 heavy (non-hydrogen) atoms. The van der Waals surface area contributed by atoms with Gasteiger partial charge in [-0.15, -0.1) is 5.10 Å². The van der Waals surface area contributed by atoms with Crippen LogP contribution in [0.25, 0.3) is 11.1 Å².